The summed E-state index contributed by atoms with van der Waals surface area (Å²) in [5, 5.41) is 0.530. The molecule has 5 nitrogen and oxygen atoms in total. The van der Waals surface area contributed by atoms with Crippen LogP contribution < -0.4 is 5.43 Å². The number of hydrogen-bond acceptors (Lipinski definition) is 4. The Hall–Kier alpha value is -3.96. The van der Waals surface area contributed by atoms with Crippen LogP contribution >= 0.6 is 11.8 Å². The van der Waals surface area contributed by atoms with Crippen LogP contribution in [0.5, 0.6) is 0 Å². The van der Waals surface area contributed by atoms with Gasteiger partial charge in [-0.2, -0.15) is 13.2 Å². The van der Waals surface area contributed by atoms with E-state index in [0.29, 0.717) is 48.6 Å². The summed E-state index contributed by atoms with van der Waals surface area (Å²) in [5.41, 5.74) is 3.13. The summed E-state index contributed by atoms with van der Waals surface area (Å²) in [4.78, 5) is 31.1. The number of carbonyl (C=O) groups excluding carboxylic acids is 1. The molecule has 1 aromatic heterocycles. The molecular formula is C37H38F5N3O2S. The van der Waals surface area contributed by atoms with Gasteiger partial charge < -0.3 is 14.4 Å². The first-order valence-corrected chi connectivity index (χ1v) is 17.0. The highest BCUT2D eigenvalue weighted by Crippen LogP contribution is 2.32. The van der Waals surface area contributed by atoms with E-state index in [1.165, 1.54) is 42.1 Å². The van der Waals surface area contributed by atoms with Crippen molar-refractivity contribution in [1.82, 2.24) is 14.4 Å². The van der Waals surface area contributed by atoms with Crippen LogP contribution in [0.4, 0.5) is 22.0 Å². The highest BCUT2D eigenvalue weighted by Gasteiger charge is 2.30. The molecule has 5 rings (SSSR count). The van der Waals surface area contributed by atoms with Gasteiger partial charge in [-0.25, -0.2) is 8.78 Å². The summed E-state index contributed by atoms with van der Waals surface area (Å²) in [5.74, 6) is -1.92. The van der Waals surface area contributed by atoms with Gasteiger partial charge in [0.1, 0.15) is 6.54 Å². The molecule has 3 aromatic carbocycles. The molecule has 0 radical (unpaired) electrons. The van der Waals surface area contributed by atoms with Crippen LogP contribution in [0.1, 0.15) is 48.2 Å². The van der Waals surface area contributed by atoms with Gasteiger partial charge in [0.2, 0.25) is 5.91 Å². The van der Waals surface area contributed by atoms with Gasteiger partial charge in [-0.3, -0.25) is 9.59 Å². The third-order valence-electron chi connectivity index (χ3n) is 8.84. The predicted molar refractivity (Wildman–Crippen MR) is 179 cm³/mol. The maximum absolute atomic E-state index is 14.5. The quantitative estimate of drug-likeness (QED) is 0.106. The van der Waals surface area contributed by atoms with Crippen LogP contribution in [0, 0.1) is 11.6 Å². The first-order valence-electron chi connectivity index (χ1n) is 16.1. The number of alkyl halides is 3. The fourth-order valence-electron chi connectivity index (χ4n) is 6.01. The second kappa shape index (κ2) is 15.5. The number of carbonyl (C=O) groups is 1. The molecular weight excluding hydrogens is 645 g/mol. The molecule has 1 aliphatic carbocycles. The number of likely N-dealkylation sites (N-methyl/N-ethyl adjacent to an activating group) is 1. The van der Waals surface area contributed by atoms with Gasteiger partial charge in [-0.15, -0.1) is 11.8 Å². The lowest BCUT2D eigenvalue weighted by Gasteiger charge is -2.28. The van der Waals surface area contributed by atoms with E-state index in [-0.39, 0.29) is 29.2 Å². The predicted octanol–water partition coefficient (Wildman–Crippen LogP) is 7.96. The third-order valence-corrected chi connectivity index (χ3v) is 9.93. The zero-order chi connectivity index (χ0) is 34.4. The Balaban J connectivity index is 1.39. The van der Waals surface area contributed by atoms with E-state index < -0.39 is 23.4 Å². The molecule has 0 fully saturated rings. The van der Waals surface area contributed by atoms with Crippen LogP contribution in [0.15, 0.2) is 82.6 Å². The van der Waals surface area contributed by atoms with E-state index in [0.717, 1.165) is 54.5 Å². The third kappa shape index (κ3) is 8.36. The lowest BCUT2D eigenvalue weighted by atomic mass is 10.0. The molecule has 48 heavy (non-hydrogen) atoms. The van der Waals surface area contributed by atoms with Gasteiger partial charge in [0.25, 0.3) is 0 Å². The molecule has 0 saturated carbocycles. The standard InChI is InChI=1S/C37H38F5N3O2S/c1-3-43(4-2)19-20-44(22-25-11-13-26(14-12-25)27-15-17-29(18-16-27)37(40,41)42)34(47)23-45-32-10-6-8-30(32)33(46)21-35(45)48-24-28-7-5-9-31(38)36(28)39/h5,7,9,11-18,21H,3-4,6,8,10,19-20,22-24H2,1-2H3. The van der Waals surface area contributed by atoms with Crippen LogP contribution in [0.2, 0.25) is 0 Å². The van der Waals surface area contributed by atoms with Gasteiger partial charge >= 0.3 is 6.18 Å². The van der Waals surface area contributed by atoms with Crippen molar-refractivity contribution in [2.45, 2.75) is 63.2 Å². The summed E-state index contributed by atoms with van der Waals surface area (Å²) in [6.07, 6.45) is -2.34. The lowest BCUT2D eigenvalue weighted by molar-refractivity contribution is -0.137. The van der Waals surface area contributed by atoms with Crippen molar-refractivity contribution in [2.75, 3.05) is 26.2 Å². The average molecular weight is 684 g/mol. The average Bonchev–Trinajstić information content (AvgIpc) is 3.58. The summed E-state index contributed by atoms with van der Waals surface area (Å²) in [7, 11) is 0. The minimum absolute atomic E-state index is 0.0154. The molecule has 0 spiro atoms. The molecule has 0 saturated heterocycles. The van der Waals surface area contributed by atoms with E-state index in [2.05, 4.69) is 18.7 Å². The summed E-state index contributed by atoms with van der Waals surface area (Å²) >= 11 is 1.20. The molecule has 0 atom stereocenters. The number of rotatable bonds is 13. The molecule has 1 amide bonds. The van der Waals surface area contributed by atoms with Crippen LogP contribution in [0.25, 0.3) is 11.1 Å². The second-order valence-corrected chi connectivity index (χ2v) is 12.8. The summed E-state index contributed by atoms with van der Waals surface area (Å²) in [6.45, 7) is 7.18. The topological polar surface area (TPSA) is 45.5 Å². The van der Waals surface area contributed by atoms with E-state index in [1.54, 1.807) is 4.90 Å². The Labute approximate surface area is 281 Å². The Bertz CT molecular complexity index is 1790. The largest absolute Gasteiger partial charge is 0.416 e. The van der Waals surface area contributed by atoms with Gasteiger partial charge in [0.15, 0.2) is 17.1 Å². The summed E-state index contributed by atoms with van der Waals surface area (Å²) < 4.78 is 69.3. The molecule has 0 bridgehead atoms. The van der Waals surface area contributed by atoms with Gasteiger partial charge in [-0.05, 0) is 67.2 Å². The zero-order valence-electron chi connectivity index (χ0n) is 27.0. The highest BCUT2D eigenvalue weighted by molar-refractivity contribution is 7.98. The van der Waals surface area contributed by atoms with E-state index in [1.807, 2.05) is 28.8 Å². The van der Waals surface area contributed by atoms with Crippen LogP contribution in [-0.2, 0) is 42.7 Å². The van der Waals surface area contributed by atoms with Crippen LogP contribution in [0.3, 0.4) is 0 Å². The first kappa shape index (κ1) is 35.3. The van der Waals surface area contributed by atoms with Crippen molar-refractivity contribution < 1.29 is 26.7 Å². The molecule has 0 unspecified atom stereocenters. The van der Waals surface area contributed by atoms with Gasteiger partial charge in [-0.1, -0.05) is 62.4 Å². The van der Waals surface area contributed by atoms with Gasteiger partial charge in [0, 0.05) is 48.3 Å². The SMILES string of the molecule is CCN(CC)CCN(Cc1ccc(-c2ccc(C(F)(F)F)cc2)cc1)C(=O)Cn1c(SCc2cccc(F)c2F)cc(=O)c2c1CCC2. The first-order chi connectivity index (χ1) is 23.0. The molecule has 11 heteroatoms. The van der Waals surface area contributed by atoms with Crippen molar-refractivity contribution in [3.63, 3.8) is 0 Å². The number of aromatic nitrogens is 1. The number of pyridine rings is 1. The van der Waals surface area contributed by atoms with Crippen molar-refractivity contribution in [2.24, 2.45) is 0 Å². The number of thioether (sulfide) groups is 1. The monoisotopic (exact) mass is 683 g/mol. The molecule has 254 valence electrons. The molecule has 1 aliphatic rings. The van der Waals surface area contributed by atoms with Crippen molar-refractivity contribution >= 4 is 17.7 Å². The van der Waals surface area contributed by atoms with Crippen molar-refractivity contribution in [3.8, 4) is 11.1 Å². The number of benzene rings is 3. The molecule has 1 heterocycles. The number of amides is 1. The fraction of sp³-hybridized carbons (Fsp3) is 0.351. The molecule has 0 N–H and O–H groups in total. The fourth-order valence-corrected chi connectivity index (χ4v) is 7.06. The molecule has 0 aliphatic heterocycles. The minimum atomic E-state index is -4.41. The number of hydrogen-bond donors (Lipinski definition) is 0. The highest BCUT2D eigenvalue weighted by atomic mass is 32.2. The maximum Gasteiger partial charge on any atom is 0.416 e. The maximum atomic E-state index is 14.5. The van der Waals surface area contributed by atoms with E-state index in [9.17, 15) is 31.5 Å². The lowest BCUT2D eigenvalue weighted by Crippen LogP contribution is -2.40. The minimum Gasteiger partial charge on any atom is -0.336 e. The zero-order valence-corrected chi connectivity index (χ0v) is 27.8. The smallest absolute Gasteiger partial charge is 0.336 e. The van der Waals surface area contributed by atoms with Crippen molar-refractivity contribution in [3.05, 3.63) is 123 Å². The number of halogens is 5. The normalized spacial score (nSPS) is 12.8. The Morgan fingerprint density at radius 3 is 2.21 bits per heavy atom. The Morgan fingerprint density at radius 2 is 1.56 bits per heavy atom. The van der Waals surface area contributed by atoms with E-state index in [4.69, 9.17) is 0 Å². The number of fused-ring (bicyclic) bond motifs is 1. The summed E-state index contributed by atoms with van der Waals surface area (Å²) in [6, 6.07) is 17.9. The molecule has 4 aromatic rings. The van der Waals surface area contributed by atoms with Crippen LogP contribution in [-0.4, -0.2) is 46.5 Å². The van der Waals surface area contributed by atoms with E-state index >= 15 is 0 Å². The second-order valence-electron chi connectivity index (χ2n) is 11.8. The Kier molecular flexibility index (Phi) is 11.4. The van der Waals surface area contributed by atoms with Gasteiger partial charge in [0.05, 0.1) is 10.6 Å². The Morgan fingerprint density at radius 1 is 0.896 bits per heavy atom. The number of nitrogens with zero attached hydrogens (tertiary/aromatic N) is 3. The van der Waals surface area contributed by atoms with Crippen molar-refractivity contribution in [1.29, 1.82) is 0 Å².